The molecule has 3 unspecified atom stereocenters. The normalized spacial score (nSPS) is 18.5. The Hall–Kier alpha value is -6.98. The molecule has 0 radical (unpaired) electrons. The van der Waals surface area contributed by atoms with E-state index in [-0.39, 0.29) is 12.1 Å². The molecule has 274 valence electrons. The van der Waals surface area contributed by atoms with E-state index in [0.717, 1.165) is 56.4 Å². The van der Waals surface area contributed by atoms with Crippen molar-refractivity contribution in [3.05, 3.63) is 198 Å². The van der Waals surface area contributed by atoms with Gasteiger partial charge in [-0.05, 0) is 75.7 Å². The van der Waals surface area contributed by atoms with Crippen LogP contribution in [0.2, 0.25) is 0 Å². The minimum Gasteiger partial charge on any atom is -0.456 e. The van der Waals surface area contributed by atoms with Crippen molar-refractivity contribution in [1.29, 1.82) is 0 Å². The number of amidine groups is 1. The first-order valence-corrected chi connectivity index (χ1v) is 19.9. The first-order chi connectivity index (χ1) is 28.1. The summed E-state index contributed by atoms with van der Waals surface area (Å²) in [7, 11) is 2.10. The van der Waals surface area contributed by atoms with Crippen molar-refractivity contribution in [2.45, 2.75) is 25.4 Å². The molecule has 5 heteroatoms. The number of benzene rings is 7. The van der Waals surface area contributed by atoms with E-state index in [9.17, 15) is 0 Å². The maximum absolute atomic E-state index is 6.28. The van der Waals surface area contributed by atoms with Gasteiger partial charge in [-0.2, -0.15) is 4.99 Å². The number of hydrogen-bond acceptors (Lipinski definition) is 4. The highest BCUT2D eigenvalue weighted by molar-refractivity contribution is 6.24. The molecule has 7 aromatic carbocycles. The first-order valence-electron chi connectivity index (χ1n) is 19.9. The van der Waals surface area contributed by atoms with E-state index in [0.29, 0.717) is 11.9 Å². The lowest BCUT2D eigenvalue weighted by Crippen LogP contribution is -2.36. The monoisotopic (exact) mass is 736 g/mol. The topological polar surface area (TPSA) is 46.0 Å². The second kappa shape index (κ2) is 13.3. The van der Waals surface area contributed by atoms with Crippen molar-refractivity contribution >= 4 is 71.9 Å². The van der Waals surface area contributed by atoms with Gasteiger partial charge in [0.25, 0.3) is 0 Å². The Labute approximate surface area is 331 Å². The van der Waals surface area contributed by atoms with Crippen molar-refractivity contribution in [3.8, 4) is 0 Å². The van der Waals surface area contributed by atoms with E-state index in [2.05, 4.69) is 187 Å². The summed E-state index contributed by atoms with van der Waals surface area (Å²) in [6.45, 7) is 2.30. The van der Waals surface area contributed by atoms with Gasteiger partial charge in [-0.15, -0.1) is 0 Å². The average molecular weight is 737 g/mol. The number of fused-ring (bicyclic) bond motifs is 8. The summed E-state index contributed by atoms with van der Waals surface area (Å²) in [5.41, 5.74) is 9.92. The van der Waals surface area contributed by atoms with Crippen molar-refractivity contribution < 1.29 is 4.42 Å². The first kappa shape index (κ1) is 33.4. The number of furan rings is 1. The summed E-state index contributed by atoms with van der Waals surface area (Å²) in [4.78, 5) is 13.1. The maximum atomic E-state index is 6.28. The maximum Gasteiger partial charge on any atom is 0.234 e. The Morgan fingerprint density at radius 3 is 2.19 bits per heavy atom. The molecule has 5 nitrogen and oxygen atoms in total. The van der Waals surface area contributed by atoms with Crippen LogP contribution < -0.4 is 0 Å². The zero-order chi connectivity index (χ0) is 38.0. The van der Waals surface area contributed by atoms with Crippen LogP contribution in [0.25, 0.3) is 60.1 Å². The standard InChI is InChI=1S/C52H40N4O/c1-3-33-30-37(38-23-27-43-42-20-12-13-21-47(42)57-48(43)32-38)22-26-40(33)39-24-28-44-46(31-39)56(45-29-25-34-14-10-11-19-41(34)49(44)45)52-53-50(35-15-6-4-7-16-35)55(2)51(54-52)36-17-8-5-9-18-36/h4-33,40,50H,3H2,1-2H3. The molecule has 2 aromatic heterocycles. The molecule has 11 rings (SSSR count). The van der Waals surface area contributed by atoms with Gasteiger partial charge in [-0.3, -0.25) is 4.57 Å². The number of nitrogens with zero attached hydrogens (tertiary/aromatic N) is 4. The van der Waals surface area contributed by atoms with E-state index in [1.165, 1.54) is 38.2 Å². The van der Waals surface area contributed by atoms with E-state index < -0.39 is 0 Å². The lowest BCUT2D eigenvalue weighted by atomic mass is 9.78. The third-order valence-electron chi connectivity index (χ3n) is 12.1. The predicted octanol–water partition coefficient (Wildman–Crippen LogP) is 12.9. The predicted molar refractivity (Wildman–Crippen MR) is 237 cm³/mol. The minimum atomic E-state index is -0.252. The molecule has 1 aliphatic carbocycles. The Balaban J connectivity index is 1.07. The number of rotatable bonds is 5. The van der Waals surface area contributed by atoms with Crippen LogP contribution in [0.15, 0.2) is 190 Å². The van der Waals surface area contributed by atoms with Crippen LogP contribution in [0, 0.1) is 5.92 Å². The minimum absolute atomic E-state index is 0.209. The van der Waals surface area contributed by atoms with Crippen LogP contribution in [-0.4, -0.2) is 28.3 Å². The number of aliphatic imine (C=N–C) groups is 2. The zero-order valence-corrected chi connectivity index (χ0v) is 31.9. The van der Waals surface area contributed by atoms with Crippen LogP contribution >= 0.6 is 0 Å². The molecular weight excluding hydrogens is 697 g/mol. The molecule has 0 saturated heterocycles. The summed E-state index contributed by atoms with van der Waals surface area (Å²) in [6.07, 6.45) is 7.93. The summed E-state index contributed by atoms with van der Waals surface area (Å²) >= 11 is 0. The number of hydrogen-bond donors (Lipinski definition) is 0. The quantitative estimate of drug-likeness (QED) is 0.177. The fraction of sp³-hybridized carbons (Fsp3) is 0.115. The third kappa shape index (κ3) is 5.45. The Kier molecular flexibility index (Phi) is 7.81. The van der Waals surface area contributed by atoms with Gasteiger partial charge in [0.1, 0.15) is 17.0 Å². The fourth-order valence-electron chi connectivity index (χ4n) is 9.20. The van der Waals surface area contributed by atoms with Crippen LogP contribution in [0.3, 0.4) is 0 Å². The number of para-hydroxylation sites is 1. The van der Waals surface area contributed by atoms with Gasteiger partial charge in [0.15, 0.2) is 6.17 Å². The van der Waals surface area contributed by atoms with Crippen LogP contribution in [0.1, 0.15) is 47.7 Å². The highest BCUT2D eigenvalue weighted by atomic mass is 16.3. The van der Waals surface area contributed by atoms with Gasteiger partial charge in [-0.25, -0.2) is 4.99 Å². The molecule has 57 heavy (non-hydrogen) atoms. The fourth-order valence-corrected chi connectivity index (χ4v) is 9.20. The third-order valence-corrected chi connectivity index (χ3v) is 12.1. The molecule has 0 fully saturated rings. The Morgan fingerprint density at radius 2 is 1.35 bits per heavy atom. The lowest BCUT2D eigenvalue weighted by Gasteiger charge is -2.32. The summed E-state index contributed by atoms with van der Waals surface area (Å²) in [5.74, 6) is 2.10. The van der Waals surface area contributed by atoms with Crippen LogP contribution in [0.4, 0.5) is 0 Å². The lowest BCUT2D eigenvalue weighted by molar-refractivity contribution is 0.381. The van der Waals surface area contributed by atoms with Gasteiger partial charge in [-0.1, -0.05) is 153 Å². The summed E-state index contributed by atoms with van der Waals surface area (Å²) in [6, 6.07) is 56.2. The largest absolute Gasteiger partial charge is 0.456 e. The number of aromatic nitrogens is 1. The van der Waals surface area contributed by atoms with Gasteiger partial charge in [0, 0.05) is 40.1 Å². The van der Waals surface area contributed by atoms with Crippen molar-refractivity contribution in [1.82, 2.24) is 9.47 Å². The number of allylic oxidation sites excluding steroid dienone is 4. The van der Waals surface area contributed by atoms with Gasteiger partial charge < -0.3 is 9.32 Å². The molecule has 0 spiro atoms. The molecule has 3 atom stereocenters. The molecule has 1 aliphatic heterocycles. The SMILES string of the molecule is CCC1C=C(c2ccc3c(c2)oc2ccccc23)C=CC1c1ccc2c3c4ccccc4ccc3n(C3=NC(c4ccccc4)N(C)C(c4ccccc4)=N3)c2c1. The van der Waals surface area contributed by atoms with Crippen LogP contribution in [0.5, 0.6) is 0 Å². The van der Waals surface area contributed by atoms with E-state index >= 15 is 0 Å². The zero-order valence-electron chi connectivity index (χ0n) is 31.9. The van der Waals surface area contributed by atoms with Gasteiger partial charge in [0.2, 0.25) is 5.96 Å². The van der Waals surface area contributed by atoms with Crippen molar-refractivity contribution in [2.75, 3.05) is 7.05 Å². The Bertz CT molecular complexity index is 3150. The second-order valence-electron chi connectivity index (χ2n) is 15.3. The summed E-state index contributed by atoms with van der Waals surface area (Å²) in [5, 5.41) is 7.17. The second-order valence-corrected chi connectivity index (χ2v) is 15.3. The molecule has 2 aliphatic rings. The highest BCUT2D eigenvalue weighted by Crippen LogP contribution is 2.42. The molecule has 9 aromatic rings. The van der Waals surface area contributed by atoms with E-state index in [4.69, 9.17) is 14.4 Å². The van der Waals surface area contributed by atoms with E-state index in [1.807, 2.05) is 12.1 Å². The molecule has 3 heterocycles. The summed E-state index contributed by atoms with van der Waals surface area (Å²) < 4.78 is 8.58. The average Bonchev–Trinajstić information content (AvgIpc) is 3.82. The smallest absolute Gasteiger partial charge is 0.234 e. The molecular formula is C52H40N4O. The van der Waals surface area contributed by atoms with Crippen LogP contribution in [-0.2, 0) is 0 Å². The van der Waals surface area contributed by atoms with Gasteiger partial charge >= 0.3 is 0 Å². The molecule has 0 N–H and O–H groups in total. The Morgan fingerprint density at radius 1 is 0.614 bits per heavy atom. The highest BCUT2D eigenvalue weighted by Gasteiger charge is 2.29. The van der Waals surface area contributed by atoms with Gasteiger partial charge in [0.05, 0.1) is 11.0 Å². The molecule has 0 bridgehead atoms. The van der Waals surface area contributed by atoms with E-state index in [1.54, 1.807) is 0 Å². The van der Waals surface area contributed by atoms with Crippen molar-refractivity contribution in [3.63, 3.8) is 0 Å². The van der Waals surface area contributed by atoms with Crippen molar-refractivity contribution in [2.24, 2.45) is 15.9 Å². The molecule has 0 amide bonds. The molecule has 0 saturated carbocycles.